The molecule has 1 heterocycles. The first-order chi connectivity index (χ1) is 12.7. The number of benzene rings is 2. The first kappa shape index (κ1) is 19.3. The molecule has 0 aliphatic heterocycles. The third-order valence-electron chi connectivity index (χ3n) is 4.27. The molecule has 6 heteroatoms. The zero-order valence-corrected chi connectivity index (χ0v) is 17.4. The van der Waals surface area contributed by atoms with Crippen LogP contribution >= 0.6 is 15.9 Å². The van der Waals surface area contributed by atoms with Gasteiger partial charge in [0.1, 0.15) is 0 Å². The fraction of sp³-hybridized carbons (Fsp3) is 0.286. The molecule has 0 saturated carbocycles. The predicted molar refractivity (Wildman–Crippen MR) is 108 cm³/mol. The molecule has 5 nitrogen and oxygen atoms in total. The summed E-state index contributed by atoms with van der Waals surface area (Å²) in [6.45, 7) is 6.69. The highest BCUT2D eigenvalue weighted by molar-refractivity contribution is 9.10. The van der Waals surface area contributed by atoms with E-state index in [9.17, 15) is 4.79 Å². The van der Waals surface area contributed by atoms with Crippen LogP contribution in [-0.4, -0.2) is 28.0 Å². The van der Waals surface area contributed by atoms with Gasteiger partial charge in [-0.05, 0) is 35.2 Å². The van der Waals surface area contributed by atoms with Gasteiger partial charge in [-0.1, -0.05) is 66.1 Å². The van der Waals surface area contributed by atoms with Gasteiger partial charge in [0, 0.05) is 22.6 Å². The number of halogens is 1. The van der Waals surface area contributed by atoms with Gasteiger partial charge in [-0.2, -0.15) is 4.98 Å². The molecular weight excluding hydrogens is 406 g/mol. The molecule has 2 aromatic carbocycles. The van der Waals surface area contributed by atoms with Crippen LogP contribution in [0.15, 0.2) is 57.5 Å². The van der Waals surface area contributed by atoms with E-state index >= 15 is 0 Å². The van der Waals surface area contributed by atoms with Gasteiger partial charge in [0.15, 0.2) is 0 Å². The Bertz CT molecular complexity index is 943. The van der Waals surface area contributed by atoms with E-state index in [2.05, 4.69) is 46.8 Å². The summed E-state index contributed by atoms with van der Waals surface area (Å²) in [6, 6.07) is 15.4. The van der Waals surface area contributed by atoms with Crippen LogP contribution in [0.5, 0.6) is 0 Å². The Morgan fingerprint density at radius 2 is 1.85 bits per heavy atom. The van der Waals surface area contributed by atoms with Crippen molar-refractivity contribution in [1.82, 2.24) is 15.0 Å². The van der Waals surface area contributed by atoms with Gasteiger partial charge < -0.3 is 9.42 Å². The van der Waals surface area contributed by atoms with Crippen LogP contribution in [0.1, 0.15) is 42.6 Å². The molecule has 0 radical (unpaired) electrons. The summed E-state index contributed by atoms with van der Waals surface area (Å²) in [6.07, 6.45) is 0. The molecule has 1 aromatic heterocycles. The highest BCUT2D eigenvalue weighted by Gasteiger charge is 2.18. The van der Waals surface area contributed by atoms with Crippen LogP contribution in [0.2, 0.25) is 0 Å². The van der Waals surface area contributed by atoms with Crippen molar-refractivity contribution in [3.05, 3.63) is 70.0 Å². The number of carbonyl (C=O) groups is 1. The van der Waals surface area contributed by atoms with Crippen molar-refractivity contribution in [3.63, 3.8) is 0 Å². The second-order valence-electron chi connectivity index (χ2n) is 7.51. The Morgan fingerprint density at radius 3 is 2.48 bits per heavy atom. The highest BCUT2D eigenvalue weighted by atomic mass is 79.9. The van der Waals surface area contributed by atoms with E-state index in [-0.39, 0.29) is 17.9 Å². The molecular formula is C21H22BrN3O2. The lowest BCUT2D eigenvalue weighted by molar-refractivity contribution is 0.0769. The van der Waals surface area contributed by atoms with Gasteiger partial charge in [-0.15, -0.1) is 0 Å². The lowest BCUT2D eigenvalue weighted by atomic mass is 9.86. The molecule has 0 N–H and O–H groups in total. The number of hydrogen-bond donors (Lipinski definition) is 0. The molecule has 3 aromatic rings. The van der Waals surface area contributed by atoms with E-state index in [0.717, 1.165) is 10.0 Å². The zero-order chi connectivity index (χ0) is 19.6. The summed E-state index contributed by atoms with van der Waals surface area (Å²) in [7, 11) is 1.73. The largest absolute Gasteiger partial charge is 0.337 e. The summed E-state index contributed by atoms with van der Waals surface area (Å²) in [5, 5.41) is 4.01. The Kier molecular flexibility index (Phi) is 5.46. The Labute approximate surface area is 167 Å². The molecule has 3 rings (SSSR count). The number of aromatic nitrogens is 2. The number of rotatable bonds is 4. The lowest BCUT2D eigenvalue weighted by Gasteiger charge is -2.20. The summed E-state index contributed by atoms with van der Waals surface area (Å²) >= 11 is 3.43. The second kappa shape index (κ2) is 7.64. The third-order valence-corrected chi connectivity index (χ3v) is 4.76. The molecule has 27 heavy (non-hydrogen) atoms. The quantitative estimate of drug-likeness (QED) is 0.582. The SMILES string of the molecule is CN(Cc1nc(-c2cccc(Br)c2)no1)C(=O)c1ccc(C(C)(C)C)cc1. The van der Waals surface area contributed by atoms with Crippen LogP contribution in [0, 0.1) is 0 Å². The molecule has 0 spiro atoms. The average Bonchev–Trinajstić information content (AvgIpc) is 3.09. The molecule has 0 saturated heterocycles. The topological polar surface area (TPSA) is 59.2 Å². The molecule has 0 bridgehead atoms. The van der Waals surface area contributed by atoms with Gasteiger partial charge >= 0.3 is 0 Å². The van der Waals surface area contributed by atoms with Gasteiger partial charge in [0.2, 0.25) is 11.7 Å². The molecule has 0 unspecified atom stereocenters. The fourth-order valence-corrected chi connectivity index (χ4v) is 3.07. The molecule has 0 aliphatic carbocycles. The third kappa shape index (κ3) is 4.63. The molecule has 0 atom stereocenters. The maximum absolute atomic E-state index is 12.7. The van der Waals surface area contributed by atoms with E-state index in [1.54, 1.807) is 11.9 Å². The summed E-state index contributed by atoms with van der Waals surface area (Å²) in [5.74, 6) is 0.812. The minimum absolute atomic E-state index is 0.0556. The molecule has 0 aliphatic rings. The first-order valence-corrected chi connectivity index (χ1v) is 9.48. The lowest BCUT2D eigenvalue weighted by Crippen LogP contribution is -2.26. The minimum Gasteiger partial charge on any atom is -0.337 e. The molecule has 140 valence electrons. The number of nitrogens with zero attached hydrogens (tertiary/aromatic N) is 3. The minimum atomic E-state index is -0.0855. The van der Waals surface area contributed by atoms with E-state index in [1.807, 2.05) is 48.5 Å². The monoisotopic (exact) mass is 427 g/mol. The standard InChI is InChI=1S/C21H22BrN3O2/c1-21(2,3)16-10-8-14(9-11-16)20(26)25(4)13-18-23-19(24-27-18)15-6-5-7-17(22)12-15/h5-12H,13H2,1-4H3. The van der Waals surface area contributed by atoms with Crippen LogP contribution in [0.3, 0.4) is 0 Å². The maximum atomic E-state index is 12.7. The van der Waals surface area contributed by atoms with Crippen molar-refractivity contribution < 1.29 is 9.32 Å². The summed E-state index contributed by atoms with van der Waals surface area (Å²) in [4.78, 5) is 18.6. The van der Waals surface area contributed by atoms with Crippen LogP contribution in [-0.2, 0) is 12.0 Å². The number of hydrogen-bond acceptors (Lipinski definition) is 4. The van der Waals surface area contributed by atoms with Crippen molar-refractivity contribution in [2.75, 3.05) is 7.05 Å². The molecule has 1 amide bonds. The summed E-state index contributed by atoms with van der Waals surface area (Å²) in [5.41, 5.74) is 2.74. The van der Waals surface area contributed by atoms with Gasteiger partial charge in [-0.3, -0.25) is 4.79 Å². The van der Waals surface area contributed by atoms with E-state index in [1.165, 1.54) is 5.56 Å². The van der Waals surface area contributed by atoms with Gasteiger partial charge in [0.05, 0.1) is 6.54 Å². The van der Waals surface area contributed by atoms with E-state index in [4.69, 9.17) is 4.52 Å². The van der Waals surface area contributed by atoms with Crippen LogP contribution in [0.4, 0.5) is 0 Å². The van der Waals surface area contributed by atoms with Gasteiger partial charge in [-0.25, -0.2) is 0 Å². The van der Waals surface area contributed by atoms with Crippen molar-refractivity contribution in [2.24, 2.45) is 0 Å². The van der Waals surface area contributed by atoms with Crippen molar-refractivity contribution in [3.8, 4) is 11.4 Å². The average molecular weight is 428 g/mol. The first-order valence-electron chi connectivity index (χ1n) is 8.68. The number of carbonyl (C=O) groups excluding carboxylic acids is 1. The summed E-state index contributed by atoms with van der Waals surface area (Å²) < 4.78 is 6.25. The Balaban J connectivity index is 1.70. The van der Waals surface area contributed by atoms with Gasteiger partial charge in [0.25, 0.3) is 5.91 Å². The van der Waals surface area contributed by atoms with Crippen LogP contribution in [0.25, 0.3) is 11.4 Å². The fourth-order valence-electron chi connectivity index (χ4n) is 2.67. The van der Waals surface area contributed by atoms with E-state index in [0.29, 0.717) is 17.3 Å². The van der Waals surface area contributed by atoms with Crippen LogP contribution < -0.4 is 0 Å². The maximum Gasteiger partial charge on any atom is 0.254 e. The Hall–Kier alpha value is -2.47. The Morgan fingerprint density at radius 1 is 1.15 bits per heavy atom. The smallest absolute Gasteiger partial charge is 0.254 e. The van der Waals surface area contributed by atoms with Crippen molar-refractivity contribution in [1.29, 1.82) is 0 Å². The van der Waals surface area contributed by atoms with Crippen molar-refractivity contribution in [2.45, 2.75) is 32.7 Å². The normalized spacial score (nSPS) is 11.4. The second-order valence-corrected chi connectivity index (χ2v) is 8.43. The zero-order valence-electron chi connectivity index (χ0n) is 15.9. The van der Waals surface area contributed by atoms with E-state index < -0.39 is 0 Å². The highest BCUT2D eigenvalue weighted by Crippen LogP contribution is 2.23. The van der Waals surface area contributed by atoms with Crippen molar-refractivity contribution >= 4 is 21.8 Å². The molecule has 0 fully saturated rings. The predicted octanol–water partition coefficient (Wildman–Crippen LogP) is 5.07. The number of amides is 1.